The summed E-state index contributed by atoms with van der Waals surface area (Å²) in [6.07, 6.45) is 4.87. The van der Waals surface area contributed by atoms with Crippen LogP contribution in [0.5, 0.6) is 5.75 Å². The largest absolute Gasteiger partial charge is 0.497 e. The summed E-state index contributed by atoms with van der Waals surface area (Å²) < 4.78 is 34.8. The maximum atomic E-state index is 13.3. The van der Waals surface area contributed by atoms with Gasteiger partial charge >= 0.3 is 0 Å². The summed E-state index contributed by atoms with van der Waals surface area (Å²) in [6.45, 7) is 4.20. The van der Waals surface area contributed by atoms with E-state index in [4.69, 9.17) is 4.74 Å². The summed E-state index contributed by atoms with van der Waals surface area (Å²) in [5, 5.41) is 2.94. The first-order valence-corrected chi connectivity index (χ1v) is 14.0. The average Bonchev–Trinajstić information content (AvgIpc) is 2.89. The highest BCUT2D eigenvalue weighted by Crippen LogP contribution is 2.37. The van der Waals surface area contributed by atoms with Gasteiger partial charge in [-0.15, -0.1) is 0 Å². The van der Waals surface area contributed by atoms with Crippen molar-refractivity contribution in [3.05, 3.63) is 89.0 Å². The van der Waals surface area contributed by atoms with Gasteiger partial charge in [0.25, 0.3) is 5.91 Å². The third-order valence-electron chi connectivity index (χ3n) is 6.84. The number of methoxy groups -OCH3 is 1. The van der Waals surface area contributed by atoms with Gasteiger partial charge in [-0.3, -0.25) is 4.79 Å². The quantitative estimate of drug-likeness (QED) is 0.379. The highest BCUT2D eigenvalue weighted by atomic mass is 32.2. The number of nitrogens with one attached hydrogen (secondary N) is 2. The molecule has 1 aliphatic carbocycles. The minimum Gasteiger partial charge on any atom is -0.497 e. The van der Waals surface area contributed by atoms with Crippen molar-refractivity contribution in [3.8, 4) is 5.75 Å². The van der Waals surface area contributed by atoms with Crippen molar-refractivity contribution >= 4 is 21.6 Å². The number of aryl methyl sites for hydroxylation is 2. The van der Waals surface area contributed by atoms with E-state index in [0.717, 1.165) is 48.8 Å². The molecule has 190 valence electrons. The van der Waals surface area contributed by atoms with Gasteiger partial charge in [0, 0.05) is 17.3 Å². The van der Waals surface area contributed by atoms with Gasteiger partial charge in [-0.05, 0) is 90.8 Å². The van der Waals surface area contributed by atoms with Crippen molar-refractivity contribution in [1.82, 2.24) is 4.72 Å². The summed E-state index contributed by atoms with van der Waals surface area (Å²) in [6, 6.07) is 19.5. The Morgan fingerprint density at radius 2 is 1.83 bits per heavy atom. The van der Waals surface area contributed by atoms with Gasteiger partial charge in [0.1, 0.15) is 5.75 Å². The lowest BCUT2D eigenvalue weighted by Gasteiger charge is -2.32. The molecular weight excluding hydrogens is 472 g/mol. The van der Waals surface area contributed by atoms with Gasteiger partial charge < -0.3 is 10.1 Å². The van der Waals surface area contributed by atoms with Gasteiger partial charge in [-0.2, -0.15) is 0 Å². The molecule has 4 rings (SSSR count). The van der Waals surface area contributed by atoms with Crippen LogP contribution >= 0.6 is 0 Å². The lowest BCUT2D eigenvalue weighted by Crippen LogP contribution is -2.35. The molecule has 3 aromatic carbocycles. The lowest BCUT2D eigenvalue weighted by atomic mass is 9.81. The Hall–Kier alpha value is -3.16. The van der Waals surface area contributed by atoms with Crippen LogP contribution in [-0.2, 0) is 22.9 Å². The number of hydrogen-bond acceptors (Lipinski definition) is 4. The molecule has 1 aliphatic rings. The first-order chi connectivity index (χ1) is 17.3. The smallest absolute Gasteiger partial charge is 0.255 e. The summed E-state index contributed by atoms with van der Waals surface area (Å²) in [4.78, 5) is 13.1. The van der Waals surface area contributed by atoms with Crippen molar-refractivity contribution in [2.75, 3.05) is 12.4 Å². The predicted molar refractivity (Wildman–Crippen MR) is 143 cm³/mol. The van der Waals surface area contributed by atoms with Crippen LogP contribution in [0.15, 0.2) is 71.6 Å². The normalized spacial score (nSPS) is 17.3. The van der Waals surface area contributed by atoms with Crippen LogP contribution in [0.2, 0.25) is 0 Å². The van der Waals surface area contributed by atoms with Gasteiger partial charge in [0.15, 0.2) is 0 Å². The molecule has 0 spiro atoms. The number of fused-ring (bicyclic) bond motifs is 1. The maximum Gasteiger partial charge on any atom is 0.255 e. The Kier molecular flexibility index (Phi) is 8.11. The standard InChI is InChI=1S/C29H34N2O4S/c1-4-5-7-21-11-16-26(17-12-21)36(33,34)31-28-20(2)10-13-22-14-15-24(19-27(22)28)30-29(32)23-8-6-9-25(18-23)35-3/h6,8-9,11-12,14-20,28,31H,4-5,7,10,13H2,1-3H3,(H,30,32). The Labute approximate surface area is 214 Å². The van der Waals surface area contributed by atoms with E-state index in [1.807, 2.05) is 30.3 Å². The third-order valence-corrected chi connectivity index (χ3v) is 8.30. The number of benzene rings is 3. The summed E-state index contributed by atoms with van der Waals surface area (Å²) in [5.41, 5.74) is 4.25. The molecule has 1 amide bonds. The predicted octanol–water partition coefficient (Wildman–Crippen LogP) is 5.89. The second-order valence-electron chi connectivity index (χ2n) is 9.46. The Morgan fingerprint density at radius 1 is 1.06 bits per heavy atom. The number of carbonyl (C=O) groups is 1. The van der Waals surface area contributed by atoms with E-state index in [0.29, 0.717) is 17.0 Å². The fourth-order valence-electron chi connectivity index (χ4n) is 4.64. The number of unbranched alkanes of at least 4 members (excludes halogenated alkanes) is 1. The summed E-state index contributed by atoms with van der Waals surface area (Å²) in [5.74, 6) is 0.466. The molecule has 2 N–H and O–H groups in total. The number of carbonyl (C=O) groups excluding carboxylic acids is 1. The Balaban J connectivity index is 1.55. The van der Waals surface area contributed by atoms with E-state index in [-0.39, 0.29) is 22.8 Å². The molecule has 3 aromatic rings. The van der Waals surface area contributed by atoms with Crippen molar-refractivity contribution < 1.29 is 17.9 Å². The van der Waals surface area contributed by atoms with Crippen molar-refractivity contribution in [2.24, 2.45) is 5.92 Å². The zero-order chi connectivity index (χ0) is 25.7. The topological polar surface area (TPSA) is 84.5 Å². The van der Waals surface area contributed by atoms with E-state index in [2.05, 4.69) is 23.9 Å². The first kappa shape index (κ1) is 25.9. The Bertz CT molecular complexity index is 1320. The molecule has 0 bridgehead atoms. The second kappa shape index (κ2) is 11.3. The van der Waals surface area contributed by atoms with Crippen molar-refractivity contribution in [3.63, 3.8) is 0 Å². The molecule has 0 aliphatic heterocycles. The summed E-state index contributed by atoms with van der Waals surface area (Å²) >= 11 is 0. The first-order valence-electron chi connectivity index (χ1n) is 12.5. The highest BCUT2D eigenvalue weighted by Gasteiger charge is 2.31. The van der Waals surface area contributed by atoms with Crippen LogP contribution in [0.3, 0.4) is 0 Å². The molecule has 36 heavy (non-hydrogen) atoms. The van der Waals surface area contributed by atoms with Crippen LogP contribution in [0, 0.1) is 5.92 Å². The van der Waals surface area contributed by atoms with Gasteiger partial charge in [0.05, 0.1) is 12.0 Å². The average molecular weight is 507 g/mol. The second-order valence-corrected chi connectivity index (χ2v) is 11.2. The summed E-state index contributed by atoms with van der Waals surface area (Å²) in [7, 11) is -2.15. The molecule has 7 heteroatoms. The number of hydrogen-bond donors (Lipinski definition) is 2. The van der Waals surface area contributed by atoms with E-state index >= 15 is 0 Å². The van der Waals surface area contributed by atoms with E-state index in [1.54, 1.807) is 43.5 Å². The number of amides is 1. The highest BCUT2D eigenvalue weighted by molar-refractivity contribution is 7.89. The minimum atomic E-state index is -3.71. The van der Waals surface area contributed by atoms with Gasteiger partial charge in [-0.1, -0.05) is 44.5 Å². The zero-order valence-electron chi connectivity index (χ0n) is 21.1. The van der Waals surface area contributed by atoms with Crippen LogP contribution in [0.1, 0.15) is 66.2 Å². The molecule has 0 radical (unpaired) electrons. The van der Waals surface area contributed by atoms with E-state index in [9.17, 15) is 13.2 Å². The van der Waals surface area contributed by atoms with Crippen LogP contribution < -0.4 is 14.8 Å². The number of anilines is 1. The molecule has 0 heterocycles. The minimum absolute atomic E-state index is 0.112. The molecular formula is C29H34N2O4S. The van der Waals surface area contributed by atoms with Gasteiger partial charge in [0.2, 0.25) is 10.0 Å². The molecule has 0 saturated carbocycles. The number of ether oxygens (including phenoxy) is 1. The van der Waals surface area contributed by atoms with Crippen LogP contribution in [0.4, 0.5) is 5.69 Å². The molecule has 2 unspecified atom stereocenters. The van der Waals surface area contributed by atoms with Crippen LogP contribution in [0.25, 0.3) is 0 Å². The SMILES string of the molecule is CCCCc1ccc(S(=O)(=O)NC2c3cc(NC(=O)c4cccc(OC)c4)ccc3CCC2C)cc1. The zero-order valence-corrected chi connectivity index (χ0v) is 21.9. The van der Waals surface area contributed by atoms with Crippen LogP contribution in [-0.4, -0.2) is 21.4 Å². The number of rotatable bonds is 9. The molecule has 0 fully saturated rings. The van der Waals surface area contributed by atoms with Crippen molar-refractivity contribution in [1.29, 1.82) is 0 Å². The molecule has 0 saturated heterocycles. The fraction of sp³-hybridized carbons (Fsp3) is 0.345. The monoisotopic (exact) mass is 506 g/mol. The number of sulfonamides is 1. The molecule has 0 aromatic heterocycles. The third kappa shape index (κ3) is 5.97. The lowest BCUT2D eigenvalue weighted by molar-refractivity contribution is 0.102. The molecule has 6 nitrogen and oxygen atoms in total. The van der Waals surface area contributed by atoms with E-state index in [1.165, 1.54) is 0 Å². The maximum absolute atomic E-state index is 13.3. The van der Waals surface area contributed by atoms with Crippen molar-refractivity contribution in [2.45, 2.75) is 56.9 Å². The Morgan fingerprint density at radius 3 is 2.56 bits per heavy atom. The fourth-order valence-corrected chi connectivity index (χ4v) is 5.97. The van der Waals surface area contributed by atoms with E-state index < -0.39 is 10.0 Å². The van der Waals surface area contributed by atoms with Gasteiger partial charge in [-0.25, -0.2) is 13.1 Å². The molecule has 2 atom stereocenters.